The van der Waals surface area contributed by atoms with Gasteiger partial charge >= 0.3 is 12.1 Å². The average molecular weight is 386 g/mol. The number of hydrogen-bond acceptors (Lipinski definition) is 6. The number of amides is 2. The van der Waals surface area contributed by atoms with Gasteiger partial charge in [0.15, 0.2) is 0 Å². The van der Waals surface area contributed by atoms with Gasteiger partial charge in [0.2, 0.25) is 5.91 Å². The third-order valence-electron chi connectivity index (χ3n) is 4.43. The van der Waals surface area contributed by atoms with Crippen LogP contribution < -0.4 is 5.32 Å². The lowest BCUT2D eigenvalue weighted by atomic mass is 10.1. The van der Waals surface area contributed by atoms with Gasteiger partial charge < -0.3 is 19.4 Å². The third kappa shape index (κ3) is 4.67. The molecule has 0 spiro atoms. The fraction of sp³-hybridized carbons (Fsp3) is 0.368. The van der Waals surface area contributed by atoms with E-state index in [9.17, 15) is 14.4 Å². The first-order valence-corrected chi connectivity index (χ1v) is 8.92. The smallest absolute Gasteiger partial charge is 0.410 e. The molecule has 2 heterocycles. The molecule has 0 bridgehead atoms. The molecule has 1 aliphatic heterocycles. The van der Waals surface area contributed by atoms with E-state index >= 15 is 0 Å². The Balaban J connectivity index is 1.56. The molecule has 0 saturated carbocycles. The summed E-state index contributed by atoms with van der Waals surface area (Å²) in [5, 5.41) is 2.84. The number of imidazole rings is 1. The molecule has 28 heavy (non-hydrogen) atoms. The van der Waals surface area contributed by atoms with Crippen LogP contribution in [0, 0.1) is 0 Å². The summed E-state index contributed by atoms with van der Waals surface area (Å²) >= 11 is 0. The number of aryl methyl sites for hydroxylation is 1. The first-order chi connectivity index (χ1) is 13.6. The van der Waals surface area contributed by atoms with Crippen LogP contribution >= 0.6 is 0 Å². The molecule has 2 amide bonds. The Labute approximate surface area is 162 Å². The molecule has 2 aromatic rings. The molecule has 0 radical (unpaired) electrons. The molecule has 9 heteroatoms. The molecule has 1 aromatic carbocycles. The second-order valence-corrected chi connectivity index (χ2v) is 6.36. The zero-order valence-electron chi connectivity index (χ0n) is 15.5. The highest BCUT2D eigenvalue weighted by molar-refractivity contribution is 5.90. The van der Waals surface area contributed by atoms with Crippen molar-refractivity contribution in [2.45, 2.75) is 25.6 Å². The Kier molecular flexibility index (Phi) is 6.25. The zero-order valence-corrected chi connectivity index (χ0v) is 15.5. The van der Waals surface area contributed by atoms with Crippen LogP contribution in [-0.2, 0) is 27.4 Å². The largest absolute Gasteiger partial charge is 0.465 e. The first kappa shape index (κ1) is 19.4. The van der Waals surface area contributed by atoms with Gasteiger partial charge in [-0.2, -0.15) is 0 Å². The van der Waals surface area contributed by atoms with E-state index in [1.165, 1.54) is 12.0 Å². The summed E-state index contributed by atoms with van der Waals surface area (Å²) in [6.45, 7) is 1.39. The van der Waals surface area contributed by atoms with Crippen LogP contribution in [0.25, 0.3) is 0 Å². The maximum Gasteiger partial charge on any atom is 0.410 e. The number of aromatic nitrogens is 2. The minimum Gasteiger partial charge on any atom is -0.465 e. The summed E-state index contributed by atoms with van der Waals surface area (Å²) in [4.78, 5) is 41.6. The predicted octanol–water partition coefficient (Wildman–Crippen LogP) is 1.20. The molecule has 9 nitrogen and oxygen atoms in total. The van der Waals surface area contributed by atoms with Crippen LogP contribution in [0.5, 0.6) is 0 Å². The number of nitrogens with one attached hydrogen (secondary N) is 1. The Hall–Kier alpha value is -3.36. The number of rotatable bonds is 8. The quantitative estimate of drug-likeness (QED) is 0.540. The fourth-order valence-electron chi connectivity index (χ4n) is 2.96. The molecular formula is C19H22N4O5. The molecule has 1 N–H and O–H groups in total. The lowest BCUT2D eigenvalue weighted by Crippen LogP contribution is -2.45. The van der Waals surface area contributed by atoms with Crippen LogP contribution in [0.15, 0.2) is 43.0 Å². The van der Waals surface area contributed by atoms with E-state index in [-0.39, 0.29) is 19.1 Å². The van der Waals surface area contributed by atoms with Gasteiger partial charge in [-0.05, 0) is 24.1 Å². The molecular weight excluding hydrogens is 364 g/mol. The normalized spacial score (nSPS) is 16.0. The highest BCUT2D eigenvalue weighted by atomic mass is 16.6. The Bertz CT molecular complexity index is 837. The minimum atomic E-state index is -0.706. The number of ether oxygens (including phenoxy) is 2. The van der Waals surface area contributed by atoms with Crippen LogP contribution in [0.3, 0.4) is 0 Å². The van der Waals surface area contributed by atoms with Crippen molar-refractivity contribution < 1.29 is 23.9 Å². The maximum absolute atomic E-state index is 12.5. The van der Waals surface area contributed by atoms with E-state index in [0.717, 1.165) is 13.0 Å². The molecule has 1 aromatic heterocycles. The molecule has 3 rings (SSSR count). The summed E-state index contributed by atoms with van der Waals surface area (Å²) in [6.07, 6.45) is 5.46. The summed E-state index contributed by atoms with van der Waals surface area (Å²) in [5.41, 5.74) is 1.09. The van der Waals surface area contributed by atoms with Crippen molar-refractivity contribution in [1.29, 1.82) is 0 Å². The van der Waals surface area contributed by atoms with E-state index < -0.39 is 18.1 Å². The van der Waals surface area contributed by atoms with Gasteiger partial charge in [-0.3, -0.25) is 9.69 Å². The molecule has 1 atom stereocenters. The van der Waals surface area contributed by atoms with Crippen molar-refractivity contribution in [3.05, 3.63) is 54.1 Å². The molecule has 0 unspecified atom stereocenters. The van der Waals surface area contributed by atoms with E-state index in [1.807, 2.05) is 10.8 Å². The van der Waals surface area contributed by atoms with Gasteiger partial charge in [0, 0.05) is 25.5 Å². The minimum absolute atomic E-state index is 0.00286. The topological polar surface area (TPSA) is 103 Å². The van der Waals surface area contributed by atoms with Crippen molar-refractivity contribution in [3.8, 4) is 0 Å². The SMILES string of the molecule is COC(=O)c1cccc(CN2C(=O)OC[C@H]2C(=O)NCCCn2ccnc2)c1. The lowest BCUT2D eigenvalue weighted by Gasteiger charge is -2.21. The lowest BCUT2D eigenvalue weighted by molar-refractivity contribution is -0.125. The van der Waals surface area contributed by atoms with Crippen LogP contribution in [-0.4, -0.2) is 58.7 Å². The van der Waals surface area contributed by atoms with Gasteiger partial charge in [-0.1, -0.05) is 12.1 Å². The highest BCUT2D eigenvalue weighted by Gasteiger charge is 2.37. The fourth-order valence-corrected chi connectivity index (χ4v) is 2.96. The van der Waals surface area contributed by atoms with Gasteiger partial charge in [0.1, 0.15) is 12.6 Å². The van der Waals surface area contributed by atoms with E-state index in [2.05, 4.69) is 10.3 Å². The average Bonchev–Trinajstić information content (AvgIpc) is 3.35. The number of methoxy groups -OCH3 is 1. The van der Waals surface area contributed by atoms with Gasteiger partial charge in [-0.25, -0.2) is 14.6 Å². The molecule has 1 saturated heterocycles. The number of benzene rings is 1. The zero-order chi connectivity index (χ0) is 19.9. The third-order valence-corrected chi connectivity index (χ3v) is 4.43. The standard InChI is InChI=1S/C19H22N4O5/c1-27-18(25)15-5-2-4-14(10-15)11-23-16(12-28-19(23)26)17(24)21-6-3-8-22-9-7-20-13-22/h2,4-5,7,9-10,13,16H,3,6,8,11-12H2,1H3,(H,21,24)/t16-/m0/s1. The Morgan fingerprint density at radius 1 is 1.39 bits per heavy atom. The van der Waals surface area contributed by atoms with Gasteiger partial charge in [0.05, 0.1) is 25.5 Å². The number of esters is 1. The maximum atomic E-state index is 12.5. The summed E-state index contributed by atoms with van der Waals surface area (Å²) < 4.78 is 11.7. The van der Waals surface area contributed by atoms with Crippen LogP contribution in [0.2, 0.25) is 0 Å². The van der Waals surface area contributed by atoms with E-state index in [4.69, 9.17) is 9.47 Å². The Morgan fingerprint density at radius 2 is 2.25 bits per heavy atom. The van der Waals surface area contributed by atoms with Crippen molar-refractivity contribution in [3.63, 3.8) is 0 Å². The second-order valence-electron chi connectivity index (χ2n) is 6.36. The Morgan fingerprint density at radius 3 is 3.00 bits per heavy atom. The van der Waals surface area contributed by atoms with Crippen molar-refractivity contribution in [2.24, 2.45) is 0 Å². The van der Waals surface area contributed by atoms with Crippen LogP contribution in [0.4, 0.5) is 4.79 Å². The summed E-state index contributed by atoms with van der Waals surface area (Å²) in [5.74, 6) is -0.723. The highest BCUT2D eigenvalue weighted by Crippen LogP contribution is 2.18. The number of nitrogens with zero attached hydrogens (tertiary/aromatic N) is 3. The number of hydrogen-bond donors (Lipinski definition) is 1. The molecule has 1 aliphatic rings. The number of carbonyl (C=O) groups is 3. The van der Waals surface area contributed by atoms with Crippen molar-refractivity contribution in [2.75, 3.05) is 20.3 Å². The second kappa shape index (κ2) is 9.03. The molecule has 148 valence electrons. The monoisotopic (exact) mass is 386 g/mol. The number of carbonyl (C=O) groups excluding carboxylic acids is 3. The van der Waals surface area contributed by atoms with Gasteiger partial charge in [0.25, 0.3) is 0 Å². The van der Waals surface area contributed by atoms with E-state index in [1.54, 1.807) is 36.8 Å². The number of cyclic esters (lactones) is 1. The van der Waals surface area contributed by atoms with Gasteiger partial charge in [-0.15, -0.1) is 0 Å². The molecule has 0 aliphatic carbocycles. The van der Waals surface area contributed by atoms with Crippen molar-refractivity contribution >= 4 is 18.0 Å². The first-order valence-electron chi connectivity index (χ1n) is 8.92. The van der Waals surface area contributed by atoms with E-state index in [0.29, 0.717) is 17.7 Å². The summed E-state index contributed by atoms with van der Waals surface area (Å²) in [6, 6.07) is 6.04. The summed E-state index contributed by atoms with van der Waals surface area (Å²) in [7, 11) is 1.31. The predicted molar refractivity (Wildman–Crippen MR) is 98.3 cm³/mol. The van der Waals surface area contributed by atoms with Crippen molar-refractivity contribution in [1.82, 2.24) is 19.8 Å². The molecule has 1 fully saturated rings. The van der Waals surface area contributed by atoms with Crippen LogP contribution in [0.1, 0.15) is 22.3 Å².